The monoisotopic (exact) mass is 319 g/mol. The first-order chi connectivity index (χ1) is 8.74. The van der Waals surface area contributed by atoms with E-state index in [0.717, 1.165) is 37.3 Å². The summed E-state index contributed by atoms with van der Waals surface area (Å²) < 4.78 is 0. The van der Waals surface area contributed by atoms with Gasteiger partial charge < -0.3 is 15.5 Å². The molecule has 0 radical (unpaired) electrons. The molecule has 1 aliphatic heterocycles. The van der Waals surface area contributed by atoms with E-state index < -0.39 is 0 Å². The predicted molar refractivity (Wildman–Crippen MR) is 89.5 cm³/mol. The van der Waals surface area contributed by atoms with Crippen LogP contribution in [0.3, 0.4) is 0 Å². The van der Waals surface area contributed by atoms with Gasteiger partial charge in [-0.3, -0.25) is 4.79 Å². The number of anilines is 2. The lowest BCUT2D eigenvalue weighted by molar-refractivity contribution is -0.118. The summed E-state index contributed by atoms with van der Waals surface area (Å²) in [6, 6.07) is 8.10. The number of nitrogens with zero attached hydrogens (tertiary/aromatic N) is 2. The van der Waals surface area contributed by atoms with Crippen LogP contribution in [0.5, 0.6) is 0 Å². The average molecular weight is 320 g/mol. The molecule has 0 aliphatic carbocycles. The molecule has 0 spiro atoms. The molecule has 0 bridgehead atoms. The molecule has 1 amide bonds. The van der Waals surface area contributed by atoms with E-state index in [2.05, 4.69) is 18.0 Å². The van der Waals surface area contributed by atoms with Gasteiger partial charge in [-0.2, -0.15) is 0 Å². The van der Waals surface area contributed by atoms with Crippen LogP contribution in [0.15, 0.2) is 24.3 Å². The Labute approximate surface area is 133 Å². The quantitative estimate of drug-likeness (QED) is 0.931. The van der Waals surface area contributed by atoms with Crippen LogP contribution in [0.2, 0.25) is 0 Å². The van der Waals surface area contributed by atoms with Gasteiger partial charge >= 0.3 is 0 Å². The molecule has 4 nitrogen and oxygen atoms in total. The molecule has 1 aromatic rings. The van der Waals surface area contributed by atoms with Gasteiger partial charge in [0, 0.05) is 26.6 Å². The van der Waals surface area contributed by atoms with Crippen LogP contribution in [0.25, 0.3) is 0 Å². The summed E-state index contributed by atoms with van der Waals surface area (Å²) in [7, 11) is 2.08. The van der Waals surface area contributed by atoms with Gasteiger partial charge in [-0.15, -0.1) is 24.8 Å². The molecule has 2 rings (SSSR count). The number of amides is 1. The summed E-state index contributed by atoms with van der Waals surface area (Å²) in [4.78, 5) is 16.4. The molecular weight excluding hydrogens is 297 g/mol. The molecule has 114 valence electrons. The maximum Gasteiger partial charge on any atom is 0.227 e. The van der Waals surface area contributed by atoms with Crippen molar-refractivity contribution in [2.45, 2.75) is 19.3 Å². The van der Waals surface area contributed by atoms with Crippen LogP contribution in [-0.4, -0.2) is 32.6 Å². The number of halogens is 2. The number of hydrogen-bond donors (Lipinski definition) is 1. The van der Waals surface area contributed by atoms with E-state index in [1.54, 1.807) is 0 Å². The van der Waals surface area contributed by atoms with Crippen molar-refractivity contribution in [1.82, 2.24) is 0 Å². The van der Waals surface area contributed by atoms with Crippen molar-refractivity contribution in [3.63, 3.8) is 0 Å². The van der Waals surface area contributed by atoms with Crippen molar-refractivity contribution < 1.29 is 4.79 Å². The zero-order valence-electron chi connectivity index (χ0n) is 11.7. The van der Waals surface area contributed by atoms with Gasteiger partial charge in [-0.1, -0.05) is 12.1 Å². The number of rotatable bonds is 3. The fraction of sp³-hybridized carbons (Fsp3) is 0.500. The summed E-state index contributed by atoms with van der Waals surface area (Å²) in [6.45, 7) is 2.35. The Bertz CT molecular complexity index is 429. The van der Waals surface area contributed by atoms with Gasteiger partial charge in [-0.05, 0) is 31.5 Å². The molecule has 0 saturated carbocycles. The van der Waals surface area contributed by atoms with Gasteiger partial charge in [0.1, 0.15) is 0 Å². The third kappa shape index (κ3) is 4.27. The SMILES string of the molecule is CN1CCCN(C(=O)CCCN)c2ccccc21.Cl.Cl. The van der Waals surface area contributed by atoms with Crippen LogP contribution >= 0.6 is 24.8 Å². The lowest BCUT2D eigenvalue weighted by Gasteiger charge is -2.24. The molecule has 1 aliphatic rings. The zero-order chi connectivity index (χ0) is 13.0. The van der Waals surface area contributed by atoms with E-state index in [9.17, 15) is 4.79 Å². The van der Waals surface area contributed by atoms with E-state index in [-0.39, 0.29) is 30.7 Å². The van der Waals surface area contributed by atoms with Crippen LogP contribution < -0.4 is 15.5 Å². The maximum absolute atomic E-state index is 12.2. The summed E-state index contributed by atoms with van der Waals surface area (Å²) in [5.41, 5.74) is 7.64. The molecule has 6 heteroatoms. The highest BCUT2D eigenvalue weighted by Gasteiger charge is 2.22. The lowest BCUT2D eigenvalue weighted by Crippen LogP contribution is -2.31. The number of nitrogens with two attached hydrogens (primary N) is 1. The summed E-state index contributed by atoms with van der Waals surface area (Å²) in [6.07, 6.45) is 2.29. The molecule has 0 unspecified atom stereocenters. The number of carbonyl (C=O) groups is 1. The zero-order valence-corrected chi connectivity index (χ0v) is 13.4. The summed E-state index contributed by atoms with van der Waals surface area (Å²) in [5.74, 6) is 0.184. The highest BCUT2D eigenvalue weighted by Crippen LogP contribution is 2.31. The summed E-state index contributed by atoms with van der Waals surface area (Å²) in [5, 5.41) is 0. The van der Waals surface area contributed by atoms with E-state index in [0.29, 0.717) is 13.0 Å². The van der Waals surface area contributed by atoms with Crippen molar-refractivity contribution in [2.75, 3.05) is 36.5 Å². The fourth-order valence-electron chi connectivity index (χ4n) is 2.37. The van der Waals surface area contributed by atoms with Crippen molar-refractivity contribution in [3.05, 3.63) is 24.3 Å². The maximum atomic E-state index is 12.2. The fourth-order valence-corrected chi connectivity index (χ4v) is 2.37. The average Bonchev–Trinajstić information content (AvgIpc) is 2.56. The number of carbonyl (C=O) groups excluding carboxylic acids is 1. The van der Waals surface area contributed by atoms with Crippen LogP contribution in [-0.2, 0) is 4.79 Å². The highest BCUT2D eigenvalue weighted by atomic mass is 35.5. The molecule has 0 atom stereocenters. The van der Waals surface area contributed by atoms with Crippen LogP contribution in [0.4, 0.5) is 11.4 Å². The molecule has 1 heterocycles. The number of hydrogen-bond acceptors (Lipinski definition) is 3. The number of fused-ring (bicyclic) bond motifs is 1. The van der Waals surface area contributed by atoms with E-state index in [1.807, 2.05) is 23.1 Å². The largest absolute Gasteiger partial charge is 0.373 e. The number of benzene rings is 1. The molecular formula is C14H23Cl2N3O. The third-order valence-electron chi connectivity index (χ3n) is 3.35. The van der Waals surface area contributed by atoms with Crippen molar-refractivity contribution in [1.29, 1.82) is 0 Å². The first-order valence-corrected chi connectivity index (χ1v) is 6.54. The third-order valence-corrected chi connectivity index (χ3v) is 3.35. The second-order valence-electron chi connectivity index (χ2n) is 4.70. The standard InChI is InChI=1S/C14H21N3O.2ClH/c1-16-10-5-11-17(14(18)8-4-9-15)13-7-3-2-6-12(13)16;;/h2-3,6-7H,4-5,8-11,15H2,1H3;2*1H. The topological polar surface area (TPSA) is 49.6 Å². The molecule has 20 heavy (non-hydrogen) atoms. The summed E-state index contributed by atoms with van der Waals surface area (Å²) >= 11 is 0. The molecule has 0 fully saturated rings. The van der Waals surface area contributed by atoms with E-state index in [4.69, 9.17) is 5.73 Å². The minimum atomic E-state index is 0. The Hall–Kier alpha value is -0.970. The second kappa shape index (κ2) is 9.06. The van der Waals surface area contributed by atoms with E-state index >= 15 is 0 Å². The second-order valence-corrected chi connectivity index (χ2v) is 4.70. The smallest absolute Gasteiger partial charge is 0.227 e. The van der Waals surface area contributed by atoms with Crippen molar-refractivity contribution >= 4 is 42.1 Å². The molecule has 0 saturated heterocycles. The highest BCUT2D eigenvalue weighted by molar-refractivity contribution is 5.97. The van der Waals surface area contributed by atoms with E-state index in [1.165, 1.54) is 0 Å². The van der Waals surface area contributed by atoms with Gasteiger partial charge in [0.05, 0.1) is 11.4 Å². The van der Waals surface area contributed by atoms with Gasteiger partial charge in [-0.25, -0.2) is 0 Å². The van der Waals surface area contributed by atoms with Gasteiger partial charge in [0.15, 0.2) is 0 Å². The first kappa shape index (κ1) is 19.0. The van der Waals surface area contributed by atoms with Gasteiger partial charge in [0.25, 0.3) is 0 Å². The van der Waals surface area contributed by atoms with Crippen LogP contribution in [0, 0.1) is 0 Å². The number of para-hydroxylation sites is 2. The Morgan fingerprint density at radius 1 is 1.20 bits per heavy atom. The minimum absolute atomic E-state index is 0. The van der Waals surface area contributed by atoms with Crippen LogP contribution in [0.1, 0.15) is 19.3 Å². The van der Waals surface area contributed by atoms with Gasteiger partial charge in [0.2, 0.25) is 5.91 Å². The molecule has 0 aromatic heterocycles. The Morgan fingerprint density at radius 2 is 1.85 bits per heavy atom. The molecule has 2 N–H and O–H groups in total. The Balaban J connectivity index is 0.00000180. The minimum Gasteiger partial charge on any atom is -0.373 e. The van der Waals surface area contributed by atoms with Crippen molar-refractivity contribution in [3.8, 4) is 0 Å². The predicted octanol–water partition coefficient (Wildman–Crippen LogP) is 2.44. The Kier molecular flexibility index (Phi) is 8.62. The first-order valence-electron chi connectivity index (χ1n) is 6.54. The normalized spacial score (nSPS) is 13.7. The lowest BCUT2D eigenvalue weighted by atomic mass is 10.2. The Morgan fingerprint density at radius 3 is 2.50 bits per heavy atom. The van der Waals surface area contributed by atoms with Crippen molar-refractivity contribution in [2.24, 2.45) is 5.73 Å². The molecule has 1 aromatic carbocycles.